The van der Waals surface area contributed by atoms with Gasteiger partial charge in [-0.15, -0.1) is 11.8 Å². The quantitative estimate of drug-likeness (QED) is 0.315. The molecule has 0 N–H and O–H groups in total. The van der Waals surface area contributed by atoms with Crippen LogP contribution in [0, 0.1) is 0 Å². The first-order valence-electron chi connectivity index (χ1n) is 10.4. The van der Waals surface area contributed by atoms with E-state index in [0.717, 1.165) is 45.9 Å². The van der Waals surface area contributed by atoms with Crippen LogP contribution in [0.5, 0.6) is 0 Å². The maximum absolute atomic E-state index is 4.72. The summed E-state index contributed by atoms with van der Waals surface area (Å²) < 4.78 is 1.85. The predicted molar refractivity (Wildman–Crippen MR) is 132 cm³/mol. The fourth-order valence-corrected chi connectivity index (χ4v) is 3.44. The van der Waals surface area contributed by atoms with Gasteiger partial charge in [-0.3, -0.25) is 14.7 Å². The lowest BCUT2D eigenvalue weighted by molar-refractivity contribution is 0.762. The first-order chi connectivity index (χ1) is 14.5. The number of hydrogen-bond acceptors (Lipinski definition) is 4. The van der Waals surface area contributed by atoms with Crippen LogP contribution < -0.4 is 0 Å². The third-order valence-corrected chi connectivity index (χ3v) is 5.01. The molecule has 4 nitrogen and oxygen atoms in total. The highest BCUT2D eigenvalue weighted by atomic mass is 32.2. The van der Waals surface area contributed by atoms with Crippen LogP contribution in [0.1, 0.15) is 46.7 Å². The molecule has 0 saturated heterocycles. The number of nitrogens with zero attached hydrogens (tertiary/aromatic N) is 4. The van der Waals surface area contributed by atoms with E-state index in [1.54, 1.807) is 11.8 Å². The van der Waals surface area contributed by atoms with Crippen molar-refractivity contribution in [3.8, 4) is 22.4 Å². The van der Waals surface area contributed by atoms with E-state index in [1.807, 2.05) is 51.7 Å². The van der Waals surface area contributed by atoms with Gasteiger partial charge in [0.2, 0.25) is 0 Å². The molecule has 2 heterocycles. The SMILES string of the molecule is CC.CC/C=C(\N=C(C)C)c1nn(C)cc1-c1ccnc(-c2ccc(SC)cc2)c1. The summed E-state index contributed by atoms with van der Waals surface area (Å²) in [6.07, 6.45) is 9.03. The van der Waals surface area contributed by atoms with E-state index in [-0.39, 0.29) is 0 Å². The van der Waals surface area contributed by atoms with Gasteiger partial charge in [0, 0.05) is 41.2 Å². The maximum Gasteiger partial charge on any atom is 0.118 e. The molecule has 3 rings (SSSR count). The zero-order valence-electron chi connectivity index (χ0n) is 19.1. The molecule has 30 heavy (non-hydrogen) atoms. The highest BCUT2D eigenvalue weighted by Gasteiger charge is 2.15. The number of aromatic nitrogens is 3. The van der Waals surface area contributed by atoms with Gasteiger partial charge in [0.05, 0.1) is 11.4 Å². The van der Waals surface area contributed by atoms with Crippen molar-refractivity contribution in [3.63, 3.8) is 0 Å². The summed E-state index contributed by atoms with van der Waals surface area (Å²) >= 11 is 1.74. The summed E-state index contributed by atoms with van der Waals surface area (Å²) in [5, 5.41) is 4.70. The van der Waals surface area contributed by atoms with Crippen molar-refractivity contribution in [2.24, 2.45) is 12.0 Å². The molecule has 0 aliphatic heterocycles. The molecule has 0 aliphatic rings. The summed E-state index contributed by atoms with van der Waals surface area (Å²) in [5.74, 6) is 0. The second-order valence-corrected chi connectivity index (χ2v) is 7.66. The van der Waals surface area contributed by atoms with Crippen molar-refractivity contribution in [2.45, 2.75) is 45.9 Å². The monoisotopic (exact) mass is 420 g/mol. The number of pyridine rings is 1. The minimum absolute atomic E-state index is 0.903. The first-order valence-corrected chi connectivity index (χ1v) is 11.6. The molecule has 0 atom stereocenters. The normalized spacial score (nSPS) is 11.0. The third-order valence-electron chi connectivity index (χ3n) is 4.27. The smallest absolute Gasteiger partial charge is 0.118 e. The molecule has 0 aliphatic carbocycles. The molecule has 158 valence electrons. The Morgan fingerprint density at radius 1 is 1.10 bits per heavy atom. The Morgan fingerprint density at radius 2 is 1.80 bits per heavy atom. The lowest BCUT2D eigenvalue weighted by atomic mass is 10.0. The zero-order valence-corrected chi connectivity index (χ0v) is 19.9. The summed E-state index contributed by atoms with van der Waals surface area (Å²) in [7, 11) is 1.95. The van der Waals surface area contributed by atoms with Crippen molar-refractivity contribution in [3.05, 3.63) is 60.6 Å². The van der Waals surface area contributed by atoms with E-state index in [1.165, 1.54) is 4.90 Å². The summed E-state index contributed by atoms with van der Waals surface area (Å²) in [4.78, 5) is 10.5. The van der Waals surface area contributed by atoms with Crippen molar-refractivity contribution in [1.29, 1.82) is 0 Å². The number of thioether (sulfide) groups is 1. The molecule has 2 aromatic heterocycles. The number of aliphatic imine (C=N–C) groups is 1. The topological polar surface area (TPSA) is 43.1 Å². The maximum atomic E-state index is 4.72. The van der Waals surface area contributed by atoms with Crippen LogP contribution in [0.2, 0.25) is 0 Å². The van der Waals surface area contributed by atoms with E-state index in [9.17, 15) is 0 Å². The molecule has 0 amide bonds. The Kier molecular flexibility index (Phi) is 9.06. The summed E-state index contributed by atoms with van der Waals surface area (Å²) in [5.41, 5.74) is 7.05. The Labute approximate surface area is 185 Å². The van der Waals surface area contributed by atoms with Gasteiger partial charge in [-0.05, 0) is 56.4 Å². The van der Waals surface area contributed by atoms with Gasteiger partial charge in [0.15, 0.2) is 0 Å². The van der Waals surface area contributed by atoms with Crippen molar-refractivity contribution < 1.29 is 0 Å². The molecule has 0 spiro atoms. The molecule has 1 aromatic carbocycles. The van der Waals surface area contributed by atoms with E-state index < -0.39 is 0 Å². The van der Waals surface area contributed by atoms with Crippen LogP contribution >= 0.6 is 11.8 Å². The highest BCUT2D eigenvalue weighted by Crippen LogP contribution is 2.31. The first kappa shape index (κ1) is 23.6. The minimum atomic E-state index is 0.903. The van der Waals surface area contributed by atoms with Gasteiger partial charge < -0.3 is 0 Å². The van der Waals surface area contributed by atoms with Crippen LogP contribution in [-0.2, 0) is 7.05 Å². The average molecular weight is 421 g/mol. The molecular weight excluding hydrogens is 388 g/mol. The van der Waals surface area contributed by atoms with Crippen molar-refractivity contribution in [2.75, 3.05) is 6.26 Å². The highest BCUT2D eigenvalue weighted by molar-refractivity contribution is 7.98. The molecule has 5 heteroatoms. The van der Waals surface area contributed by atoms with Gasteiger partial charge in [0.25, 0.3) is 0 Å². The van der Waals surface area contributed by atoms with E-state index in [4.69, 9.17) is 10.1 Å². The Bertz CT molecular complexity index is 1010. The molecule has 0 bridgehead atoms. The molecule has 0 radical (unpaired) electrons. The van der Waals surface area contributed by atoms with Crippen LogP contribution in [0.15, 0.2) is 64.8 Å². The van der Waals surface area contributed by atoms with E-state index in [2.05, 4.69) is 60.8 Å². The van der Waals surface area contributed by atoms with Crippen LogP contribution in [0.25, 0.3) is 28.1 Å². The second-order valence-electron chi connectivity index (χ2n) is 6.78. The Balaban J connectivity index is 0.00000155. The summed E-state index contributed by atoms with van der Waals surface area (Å²) in [6.45, 7) is 10.1. The number of aryl methyl sites for hydroxylation is 1. The van der Waals surface area contributed by atoms with Crippen molar-refractivity contribution >= 4 is 23.2 Å². The van der Waals surface area contributed by atoms with Gasteiger partial charge in [0.1, 0.15) is 5.69 Å². The van der Waals surface area contributed by atoms with E-state index in [0.29, 0.717) is 0 Å². The van der Waals surface area contributed by atoms with Crippen LogP contribution in [-0.4, -0.2) is 26.7 Å². The Hall–Kier alpha value is -2.66. The number of rotatable bonds is 6. The molecule has 0 fully saturated rings. The lowest BCUT2D eigenvalue weighted by Gasteiger charge is -2.07. The van der Waals surface area contributed by atoms with Crippen LogP contribution in [0.3, 0.4) is 0 Å². The van der Waals surface area contributed by atoms with Gasteiger partial charge >= 0.3 is 0 Å². The molecular formula is C25H32N4S. The fourth-order valence-electron chi connectivity index (χ4n) is 3.04. The second kappa shape index (κ2) is 11.5. The number of allylic oxidation sites excluding steroid dienone is 1. The largest absolute Gasteiger partial charge is 0.274 e. The molecule has 3 aromatic rings. The molecule has 0 saturated carbocycles. The fraction of sp³-hybridized carbons (Fsp3) is 0.320. The zero-order chi connectivity index (χ0) is 22.1. The summed E-state index contributed by atoms with van der Waals surface area (Å²) in [6, 6.07) is 12.7. The lowest BCUT2D eigenvalue weighted by Crippen LogP contribution is -1.93. The predicted octanol–water partition coefficient (Wildman–Crippen LogP) is 7.13. The van der Waals surface area contributed by atoms with Gasteiger partial charge in [-0.1, -0.05) is 39.0 Å². The van der Waals surface area contributed by atoms with Gasteiger partial charge in [-0.2, -0.15) is 5.10 Å². The molecule has 0 unspecified atom stereocenters. The van der Waals surface area contributed by atoms with Crippen molar-refractivity contribution in [1.82, 2.24) is 14.8 Å². The minimum Gasteiger partial charge on any atom is -0.274 e. The standard InChI is InChI=1S/C23H26N4S.C2H6/c1-6-7-21(25-16(2)3)23-20(15-27(4)26-23)18-12-13-24-22(14-18)17-8-10-19(28-5)11-9-17;1-2/h7-15H,6H2,1-5H3;1-2H3/b21-7-;. The van der Waals surface area contributed by atoms with E-state index >= 15 is 0 Å². The number of hydrogen-bond donors (Lipinski definition) is 0. The van der Waals surface area contributed by atoms with Crippen LogP contribution in [0.4, 0.5) is 0 Å². The van der Waals surface area contributed by atoms with Gasteiger partial charge in [-0.25, -0.2) is 0 Å². The third kappa shape index (κ3) is 5.92. The average Bonchev–Trinajstić information content (AvgIpc) is 3.16. The Morgan fingerprint density at radius 3 is 2.40 bits per heavy atom. The number of benzene rings is 1.